The number of carbonyl (C=O) groups is 3. The number of piperidine rings is 2. The van der Waals surface area contributed by atoms with Crippen LogP contribution in [0, 0.1) is 12.3 Å². The highest BCUT2D eigenvalue weighted by Crippen LogP contribution is 2.46. The van der Waals surface area contributed by atoms with Crippen molar-refractivity contribution in [2.45, 2.75) is 113 Å². The van der Waals surface area contributed by atoms with Crippen LogP contribution in [0.3, 0.4) is 0 Å². The Morgan fingerprint density at radius 3 is 2.41 bits per heavy atom. The number of ether oxygens (including phenoxy) is 1. The summed E-state index contributed by atoms with van der Waals surface area (Å²) in [5.41, 5.74) is -4.47. The van der Waals surface area contributed by atoms with Gasteiger partial charge in [0, 0.05) is 47.4 Å². The molecule has 2 aromatic heterocycles. The number of rotatable bonds is 13. The van der Waals surface area contributed by atoms with Crippen LogP contribution in [-0.4, -0.2) is 79.8 Å². The molecule has 54 heavy (non-hydrogen) atoms. The highest BCUT2D eigenvalue weighted by molar-refractivity contribution is 7.99. The molecule has 0 radical (unpaired) electrons. The zero-order valence-corrected chi connectivity index (χ0v) is 32.3. The smallest absolute Gasteiger partial charge is 0.418 e. The third-order valence-corrected chi connectivity index (χ3v) is 13.5. The maximum Gasteiger partial charge on any atom is 0.418 e. The minimum absolute atomic E-state index is 0.143. The van der Waals surface area contributed by atoms with Gasteiger partial charge in [-0.15, -0.1) is 23.1 Å². The summed E-state index contributed by atoms with van der Waals surface area (Å²) in [6, 6.07) is 10.6. The molecule has 1 aromatic carbocycles. The molecular weight excluding hydrogens is 740 g/mol. The van der Waals surface area contributed by atoms with Crippen LogP contribution in [0.1, 0.15) is 104 Å². The number of aliphatic carboxylic acids is 1. The first kappa shape index (κ1) is 40.1. The van der Waals surface area contributed by atoms with E-state index < -0.39 is 52.0 Å². The number of halogens is 3. The summed E-state index contributed by atoms with van der Waals surface area (Å²) in [4.78, 5) is 49.7. The summed E-state index contributed by atoms with van der Waals surface area (Å²) >= 11 is 3.05. The van der Waals surface area contributed by atoms with Gasteiger partial charge in [-0.1, -0.05) is 38.0 Å². The average molecular weight is 788 g/mol. The Morgan fingerprint density at radius 1 is 1.04 bits per heavy atom. The molecule has 3 aliphatic rings. The molecule has 1 saturated carbocycles. The summed E-state index contributed by atoms with van der Waals surface area (Å²) in [6.45, 7) is 4.36. The maximum atomic E-state index is 15.0. The topological polar surface area (TPSA) is 120 Å². The molecule has 6 rings (SSSR count). The van der Waals surface area contributed by atoms with Crippen molar-refractivity contribution in [3.63, 3.8) is 0 Å². The van der Waals surface area contributed by atoms with Crippen molar-refractivity contribution in [3.8, 4) is 5.75 Å². The fraction of sp³-hybridized carbons (Fsp3) is 0.550. The molecule has 2 amide bonds. The molecule has 2 atom stereocenters. The number of carbonyl (C=O) groups excluding carboxylic acids is 2. The number of aromatic nitrogens is 1. The van der Waals surface area contributed by atoms with E-state index in [2.05, 4.69) is 4.98 Å². The van der Waals surface area contributed by atoms with E-state index in [0.29, 0.717) is 50.0 Å². The molecule has 14 heteroatoms. The maximum absolute atomic E-state index is 15.0. The van der Waals surface area contributed by atoms with Crippen LogP contribution in [0.5, 0.6) is 5.75 Å². The number of alkyl halides is 3. The Morgan fingerprint density at radius 2 is 1.78 bits per heavy atom. The van der Waals surface area contributed by atoms with Crippen molar-refractivity contribution in [2.24, 2.45) is 5.41 Å². The van der Waals surface area contributed by atoms with Gasteiger partial charge in [0.05, 0.1) is 22.6 Å². The Kier molecular flexibility index (Phi) is 12.0. The molecule has 0 spiro atoms. The number of hydrogen-bond acceptors (Lipinski definition) is 8. The van der Waals surface area contributed by atoms with Crippen molar-refractivity contribution in [1.82, 2.24) is 14.8 Å². The lowest BCUT2D eigenvalue weighted by Crippen LogP contribution is -2.68. The Bertz CT molecular complexity index is 1820. The van der Waals surface area contributed by atoms with Gasteiger partial charge < -0.3 is 24.7 Å². The molecule has 4 heterocycles. The molecular formula is C40H48F3N3O6S2. The number of aliphatic hydroxyl groups is 1. The number of likely N-dealkylation sites (tertiary alicyclic amines) is 2. The summed E-state index contributed by atoms with van der Waals surface area (Å²) in [7, 11) is 0. The van der Waals surface area contributed by atoms with Gasteiger partial charge in [0.2, 0.25) is 5.60 Å². The van der Waals surface area contributed by atoms with Crippen molar-refractivity contribution < 1.29 is 42.5 Å². The predicted molar refractivity (Wildman–Crippen MR) is 201 cm³/mol. The molecule has 2 aliphatic heterocycles. The first-order chi connectivity index (χ1) is 25.7. The number of thiophene rings is 1. The predicted octanol–water partition coefficient (Wildman–Crippen LogP) is 8.33. The highest BCUT2D eigenvalue weighted by atomic mass is 32.2. The van der Waals surface area contributed by atoms with Gasteiger partial charge in [0.25, 0.3) is 11.8 Å². The first-order valence-corrected chi connectivity index (χ1v) is 20.6. The van der Waals surface area contributed by atoms with Crippen LogP contribution < -0.4 is 4.74 Å². The van der Waals surface area contributed by atoms with Gasteiger partial charge in [-0.05, 0) is 93.9 Å². The van der Waals surface area contributed by atoms with Crippen LogP contribution in [-0.2, 0) is 21.4 Å². The lowest BCUT2D eigenvalue weighted by molar-refractivity contribution is -0.163. The number of benzene rings is 1. The molecule has 0 unspecified atom stereocenters. The highest BCUT2D eigenvalue weighted by Gasteiger charge is 2.56. The number of aryl methyl sites for hydroxylation is 1. The molecule has 2 saturated heterocycles. The number of carboxylic acids is 1. The second-order valence-corrected chi connectivity index (χ2v) is 17.2. The minimum Gasteiger partial charge on any atom is -0.481 e. The minimum atomic E-state index is -4.80. The van der Waals surface area contributed by atoms with Gasteiger partial charge in [0.1, 0.15) is 11.4 Å². The number of thioether (sulfide) groups is 1. The van der Waals surface area contributed by atoms with E-state index in [0.717, 1.165) is 40.3 Å². The number of hydrogen-bond donors (Lipinski definition) is 2. The monoisotopic (exact) mass is 787 g/mol. The number of carboxylic acid groups (broad SMARTS) is 1. The van der Waals surface area contributed by atoms with Gasteiger partial charge in [-0.3, -0.25) is 19.4 Å². The largest absolute Gasteiger partial charge is 0.481 e. The van der Waals surface area contributed by atoms with Crippen molar-refractivity contribution in [3.05, 3.63) is 75.7 Å². The van der Waals surface area contributed by atoms with Crippen LogP contribution in [0.15, 0.2) is 58.9 Å². The summed E-state index contributed by atoms with van der Waals surface area (Å²) in [5.74, 6) is -0.791. The summed E-state index contributed by atoms with van der Waals surface area (Å²) in [6.07, 6.45) is 2.04. The van der Waals surface area contributed by atoms with E-state index in [1.807, 2.05) is 44.2 Å². The van der Waals surface area contributed by atoms with E-state index >= 15 is 0 Å². The number of amides is 2. The van der Waals surface area contributed by atoms with Crippen LogP contribution in [0.4, 0.5) is 13.2 Å². The van der Waals surface area contributed by atoms with E-state index in [9.17, 15) is 37.8 Å². The van der Waals surface area contributed by atoms with Crippen LogP contribution in [0.2, 0.25) is 0 Å². The summed E-state index contributed by atoms with van der Waals surface area (Å²) in [5, 5.41) is 23.6. The Balaban J connectivity index is 1.23. The fourth-order valence-electron chi connectivity index (χ4n) is 8.39. The quantitative estimate of drug-likeness (QED) is 0.131. The number of pyridine rings is 1. The van der Waals surface area contributed by atoms with E-state index in [1.165, 1.54) is 22.4 Å². The third kappa shape index (κ3) is 8.02. The average Bonchev–Trinajstić information content (AvgIpc) is 3.54. The second kappa shape index (κ2) is 16.2. The van der Waals surface area contributed by atoms with Crippen molar-refractivity contribution in [1.29, 1.82) is 0 Å². The Hall–Kier alpha value is -3.62. The molecule has 0 bridgehead atoms. The van der Waals surface area contributed by atoms with Gasteiger partial charge in [-0.2, -0.15) is 13.2 Å². The molecule has 1 aliphatic carbocycles. The molecule has 9 nitrogen and oxygen atoms in total. The molecule has 3 aromatic rings. The second-order valence-electron chi connectivity index (χ2n) is 14.9. The molecule has 2 N–H and O–H groups in total. The number of nitrogens with zero attached hydrogens (tertiary/aromatic N) is 3. The Labute approximate surface area is 322 Å². The van der Waals surface area contributed by atoms with Gasteiger partial charge in [0.15, 0.2) is 0 Å². The van der Waals surface area contributed by atoms with Gasteiger partial charge in [-0.25, -0.2) is 0 Å². The lowest BCUT2D eigenvalue weighted by atomic mass is 9.66. The zero-order valence-electron chi connectivity index (χ0n) is 30.7. The fourth-order valence-corrected chi connectivity index (χ4v) is 10.1. The molecule has 292 valence electrons. The first-order valence-electron chi connectivity index (χ1n) is 18.8. The SMILES string of the molecule is CCC[C@H]1N(C(=O)c2ncccc2C(F)(F)F)CCC[C@@]1(Oc1csc(C)c1)C(=O)N1CCC(O)(c2ccccc2SCCCC2(C(=O)O)CCC2)CC1. The van der Waals surface area contributed by atoms with E-state index in [1.54, 1.807) is 22.0 Å². The van der Waals surface area contributed by atoms with Crippen LogP contribution >= 0.6 is 23.1 Å². The third-order valence-electron chi connectivity index (χ3n) is 11.5. The van der Waals surface area contributed by atoms with Gasteiger partial charge >= 0.3 is 12.1 Å². The van der Waals surface area contributed by atoms with Crippen LogP contribution in [0.25, 0.3) is 0 Å². The summed E-state index contributed by atoms with van der Waals surface area (Å²) < 4.78 is 48.9. The van der Waals surface area contributed by atoms with E-state index in [4.69, 9.17) is 4.74 Å². The zero-order chi connectivity index (χ0) is 38.7. The molecule has 3 fully saturated rings. The lowest BCUT2D eigenvalue weighted by Gasteiger charge is -2.51. The van der Waals surface area contributed by atoms with Crippen molar-refractivity contribution >= 4 is 40.9 Å². The van der Waals surface area contributed by atoms with E-state index in [-0.39, 0.29) is 44.8 Å². The normalized spacial score (nSPS) is 22.4. The standard InChI is InChI=1S/C40H48F3N3O6S2/c1-3-10-32-39(52-28-25-27(2)54-26-28,17-8-21-46(32)34(47)33-30(40(41,42)43)12-6-20-44-33)35(48)45-22-18-38(51,19-23-45)29-11-4-5-13-31(29)53-24-9-16-37(36(49)50)14-7-15-37/h4-6,11-13,20,25-26,32,51H,3,7-10,14-19,21-24H2,1-2H3,(H,49,50)/t32-,39+/m1/s1. The van der Waals surface area contributed by atoms with Crippen molar-refractivity contribution in [2.75, 3.05) is 25.4 Å².